The van der Waals surface area contributed by atoms with E-state index in [0.29, 0.717) is 6.04 Å². The molecule has 0 fully saturated rings. The number of nitrogens with one attached hydrogen (secondary N) is 2. The van der Waals surface area contributed by atoms with Gasteiger partial charge in [-0.1, -0.05) is 6.92 Å². The number of hydrogen-bond donors (Lipinski definition) is 2. The Bertz CT molecular complexity index is 320. The quantitative estimate of drug-likeness (QED) is 0.803. The molecule has 16 heavy (non-hydrogen) atoms. The van der Waals surface area contributed by atoms with Crippen LogP contribution in [0.4, 0.5) is 0 Å². The van der Waals surface area contributed by atoms with Crippen LogP contribution in [0.2, 0.25) is 0 Å². The van der Waals surface area contributed by atoms with Crippen LogP contribution in [-0.4, -0.2) is 23.6 Å². The Hall–Kier alpha value is -0.450. The molecule has 0 aliphatic heterocycles. The van der Waals surface area contributed by atoms with E-state index in [2.05, 4.69) is 48.7 Å². The Labute approximate surface area is 103 Å². The van der Waals surface area contributed by atoms with E-state index in [0.717, 1.165) is 18.8 Å². The minimum absolute atomic E-state index is 0.134. The third-order valence-corrected chi connectivity index (χ3v) is 3.66. The molecular weight excluding hydrogens is 218 g/mol. The molecular formula is C12H23N3S. The van der Waals surface area contributed by atoms with Gasteiger partial charge in [-0.2, -0.15) is 0 Å². The molecule has 0 spiro atoms. The van der Waals surface area contributed by atoms with Crippen molar-refractivity contribution in [1.82, 2.24) is 15.6 Å². The largest absolute Gasteiger partial charge is 0.311 e. The molecule has 0 aliphatic carbocycles. The molecule has 0 bridgehead atoms. The van der Waals surface area contributed by atoms with Crippen molar-refractivity contribution in [2.75, 3.05) is 13.1 Å². The SMILES string of the molecule is CCNC(C)(C)CNC(C)c1nc(C)cs1. The van der Waals surface area contributed by atoms with Crippen molar-refractivity contribution >= 4 is 11.3 Å². The van der Waals surface area contributed by atoms with Gasteiger partial charge in [0.25, 0.3) is 0 Å². The van der Waals surface area contributed by atoms with Crippen LogP contribution >= 0.6 is 11.3 Å². The van der Waals surface area contributed by atoms with E-state index in [9.17, 15) is 0 Å². The molecule has 0 saturated carbocycles. The van der Waals surface area contributed by atoms with Crippen molar-refractivity contribution in [3.05, 3.63) is 16.1 Å². The first-order valence-corrected chi connectivity index (χ1v) is 6.73. The summed E-state index contributed by atoms with van der Waals surface area (Å²) < 4.78 is 0. The standard InChI is InChI=1S/C12H23N3S/c1-6-14-12(4,5)8-13-10(3)11-15-9(2)7-16-11/h7,10,13-14H,6,8H2,1-5H3. The van der Waals surface area contributed by atoms with Crippen LogP contribution in [0.1, 0.15) is 44.4 Å². The Kier molecular flexibility index (Phi) is 4.89. The number of rotatable bonds is 6. The zero-order valence-electron chi connectivity index (χ0n) is 10.9. The molecule has 1 aromatic heterocycles. The monoisotopic (exact) mass is 241 g/mol. The van der Waals surface area contributed by atoms with Gasteiger partial charge in [0.2, 0.25) is 0 Å². The second kappa shape index (κ2) is 5.75. The van der Waals surface area contributed by atoms with Gasteiger partial charge in [-0.15, -0.1) is 11.3 Å². The van der Waals surface area contributed by atoms with E-state index >= 15 is 0 Å². The molecule has 1 heterocycles. The topological polar surface area (TPSA) is 37.0 Å². The van der Waals surface area contributed by atoms with Crippen LogP contribution in [-0.2, 0) is 0 Å². The fraction of sp³-hybridized carbons (Fsp3) is 0.750. The fourth-order valence-corrected chi connectivity index (χ4v) is 2.44. The number of nitrogens with zero attached hydrogens (tertiary/aromatic N) is 1. The van der Waals surface area contributed by atoms with Crippen molar-refractivity contribution in [2.45, 2.75) is 46.2 Å². The second-order valence-corrected chi connectivity index (χ2v) is 5.73. The molecule has 0 aromatic carbocycles. The summed E-state index contributed by atoms with van der Waals surface area (Å²) >= 11 is 1.73. The maximum Gasteiger partial charge on any atom is 0.110 e. The normalized spacial score (nSPS) is 14.1. The maximum absolute atomic E-state index is 4.49. The number of aromatic nitrogens is 1. The van der Waals surface area contributed by atoms with Crippen LogP contribution in [0.3, 0.4) is 0 Å². The summed E-state index contributed by atoms with van der Waals surface area (Å²) in [7, 11) is 0. The van der Waals surface area contributed by atoms with E-state index in [4.69, 9.17) is 0 Å². The van der Waals surface area contributed by atoms with Crippen molar-refractivity contribution in [3.8, 4) is 0 Å². The summed E-state index contributed by atoms with van der Waals surface area (Å²) in [6.45, 7) is 12.7. The van der Waals surface area contributed by atoms with E-state index in [1.165, 1.54) is 5.01 Å². The lowest BCUT2D eigenvalue weighted by Crippen LogP contribution is -2.47. The van der Waals surface area contributed by atoms with Crippen molar-refractivity contribution in [1.29, 1.82) is 0 Å². The van der Waals surface area contributed by atoms with Gasteiger partial charge >= 0.3 is 0 Å². The highest BCUT2D eigenvalue weighted by atomic mass is 32.1. The zero-order chi connectivity index (χ0) is 12.2. The highest BCUT2D eigenvalue weighted by Gasteiger charge is 2.18. The molecule has 1 aromatic rings. The van der Waals surface area contributed by atoms with Gasteiger partial charge < -0.3 is 10.6 Å². The Morgan fingerprint density at radius 1 is 1.50 bits per heavy atom. The number of aryl methyl sites for hydroxylation is 1. The third-order valence-electron chi connectivity index (χ3n) is 2.51. The molecule has 92 valence electrons. The lowest BCUT2D eigenvalue weighted by molar-refractivity contribution is 0.357. The molecule has 3 nitrogen and oxygen atoms in total. The molecule has 0 aliphatic rings. The minimum Gasteiger partial charge on any atom is -0.311 e. The average molecular weight is 241 g/mol. The van der Waals surface area contributed by atoms with Crippen LogP contribution in [0.15, 0.2) is 5.38 Å². The molecule has 2 N–H and O–H groups in total. The van der Waals surface area contributed by atoms with Gasteiger partial charge in [-0.05, 0) is 34.2 Å². The first-order chi connectivity index (χ1) is 7.44. The highest BCUT2D eigenvalue weighted by molar-refractivity contribution is 7.09. The molecule has 0 saturated heterocycles. The summed E-state index contributed by atoms with van der Waals surface area (Å²) in [6.07, 6.45) is 0. The number of likely N-dealkylation sites (N-methyl/N-ethyl adjacent to an activating group) is 1. The van der Waals surface area contributed by atoms with Crippen LogP contribution in [0, 0.1) is 6.92 Å². The molecule has 0 amide bonds. The van der Waals surface area contributed by atoms with Crippen LogP contribution in [0.5, 0.6) is 0 Å². The van der Waals surface area contributed by atoms with E-state index in [1.807, 2.05) is 6.92 Å². The summed E-state index contributed by atoms with van der Waals surface area (Å²) in [4.78, 5) is 4.49. The second-order valence-electron chi connectivity index (χ2n) is 4.84. The summed E-state index contributed by atoms with van der Waals surface area (Å²) in [5, 5.41) is 10.2. The van der Waals surface area contributed by atoms with Crippen molar-refractivity contribution in [2.24, 2.45) is 0 Å². The van der Waals surface area contributed by atoms with Crippen LogP contribution in [0.25, 0.3) is 0 Å². The fourth-order valence-electron chi connectivity index (χ4n) is 1.61. The third kappa shape index (κ3) is 4.20. The van der Waals surface area contributed by atoms with Crippen LogP contribution < -0.4 is 10.6 Å². The lowest BCUT2D eigenvalue weighted by atomic mass is 10.1. The van der Waals surface area contributed by atoms with Gasteiger partial charge in [-0.25, -0.2) is 4.98 Å². The molecule has 1 rings (SSSR count). The predicted octanol–water partition coefficient (Wildman–Crippen LogP) is 2.49. The maximum atomic E-state index is 4.49. The van der Waals surface area contributed by atoms with Crippen molar-refractivity contribution in [3.63, 3.8) is 0 Å². The Morgan fingerprint density at radius 3 is 2.69 bits per heavy atom. The molecule has 1 atom stereocenters. The van der Waals surface area contributed by atoms with Gasteiger partial charge in [0.1, 0.15) is 5.01 Å². The van der Waals surface area contributed by atoms with Gasteiger partial charge in [0.05, 0.1) is 6.04 Å². The number of thiazole rings is 1. The Balaban J connectivity index is 2.43. The highest BCUT2D eigenvalue weighted by Crippen LogP contribution is 2.17. The molecule has 0 radical (unpaired) electrons. The van der Waals surface area contributed by atoms with E-state index in [1.54, 1.807) is 11.3 Å². The average Bonchev–Trinajstić information content (AvgIpc) is 2.61. The summed E-state index contributed by atoms with van der Waals surface area (Å²) in [5.74, 6) is 0. The van der Waals surface area contributed by atoms with Gasteiger partial charge in [0.15, 0.2) is 0 Å². The summed E-state index contributed by atoms with van der Waals surface area (Å²) in [5.41, 5.74) is 1.24. The van der Waals surface area contributed by atoms with Gasteiger partial charge in [-0.3, -0.25) is 0 Å². The lowest BCUT2D eigenvalue weighted by Gasteiger charge is -2.27. The zero-order valence-corrected chi connectivity index (χ0v) is 11.7. The van der Waals surface area contributed by atoms with E-state index < -0.39 is 0 Å². The predicted molar refractivity (Wildman–Crippen MR) is 71.0 cm³/mol. The molecule has 4 heteroatoms. The Morgan fingerprint density at radius 2 is 2.19 bits per heavy atom. The van der Waals surface area contributed by atoms with E-state index in [-0.39, 0.29) is 5.54 Å². The number of hydrogen-bond acceptors (Lipinski definition) is 4. The first-order valence-electron chi connectivity index (χ1n) is 5.85. The van der Waals surface area contributed by atoms with Crippen molar-refractivity contribution < 1.29 is 0 Å². The summed E-state index contributed by atoms with van der Waals surface area (Å²) in [6, 6.07) is 0.330. The van der Waals surface area contributed by atoms with Gasteiger partial charge in [0, 0.05) is 23.2 Å². The smallest absolute Gasteiger partial charge is 0.110 e. The minimum atomic E-state index is 0.134. The first kappa shape index (κ1) is 13.6. The molecule has 1 unspecified atom stereocenters.